The number of nitrogens with zero attached hydrogens (tertiary/aromatic N) is 1. The summed E-state index contributed by atoms with van der Waals surface area (Å²) in [6.07, 6.45) is -0.274. The molecule has 0 saturated heterocycles. The molecule has 2 N–H and O–H groups in total. The van der Waals surface area contributed by atoms with Crippen molar-refractivity contribution in [1.82, 2.24) is 10.2 Å². The molecule has 2 aromatic carbocycles. The minimum absolute atomic E-state index is 0.0436. The number of alkyl carbamates (subject to hydrolysis) is 1. The number of carbonyl (C=O) groups excluding carboxylic acids is 2. The molecule has 2 aromatic rings. The Balaban J connectivity index is 1.41. The maximum Gasteiger partial charge on any atom is 0.407 e. The second-order valence-corrected chi connectivity index (χ2v) is 9.57. The number of fused-ring (bicyclic) bond motifs is 3. The molecule has 0 heterocycles. The van der Waals surface area contributed by atoms with Gasteiger partial charge in [0.15, 0.2) is 0 Å². The predicted octanol–water partition coefficient (Wildman–Crippen LogP) is 3.87. The van der Waals surface area contributed by atoms with Crippen molar-refractivity contribution in [2.75, 3.05) is 20.2 Å². The van der Waals surface area contributed by atoms with Gasteiger partial charge in [-0.15, -0.1) is 0 Å². The maximum absolute atomic E-state index is 12.9. The molecule has 7 nitrogen and oxygen atoms in total. The molecule has 2 aliphatic carbocycles. The van der Waals surface area contributed by atoms with Crippen LogP contribution in [0, 0.1) is 11.3 Å². The molecule has 1 saturated carbocycles. The number of amides is 2. The highest BCUT2D eigenvalue weighted by Gasteiger charge is 2.48. The first-order valence-corrected chi connectivity index (χ1v) is 11.3. The van der Waals surface area contributed by atoms with E-state index in [1.807, 2.05) is 48.5 Å². The van der Waals surface area contributed by atoms with Crippen LogP contribution < -0.4 is 5.32 Å². The summed E-state index contributed by atoms with van der Waals surface area (Å²) in [5, 5.41) is 11.8. The Bertz CT molecular complexity index is 1040. The third-order valence-electron chi connectivity index (χ3n) is 7.09. The molecule has 0 bridgehead atoms. The van der Waals surface area contributed by atoms with E-state index in [-0.39, 0.29) is 17.9 Å². The van der Waals surface area contributed by atoms with Gasteiger partial charge in [-0.25, -0.2) is 4.79 Å². The highest BCUT2D eigenvalue weighted by Crippen LogP contribution is 2.52. The molecule has 33 heavy (non-hydrogen) atoms. The van der Waals surface area contributed by atoms with Crippen LogP contribution >= 0.6 is 0 Å². The minimum Gasteiger partial charge on any atom is -0.481 e. The van der Waals surface area contributed by atoms with E-state index >= 15 is 0 Å². The van der Waals surface area contributed by atoms with Crippen LogP contribution in [0.2, 0.25) is 0 Å². The first kappa shape index (κ1) is 22.8. The lowest BCUT2D eigenvalue weighted by molar-refractivity contribution is -0.142. The lowest BCUT2D eigenvalue weighted by Crippen LogP contribution is -2.49. The van der Waals surface area contributed by atoms with E-state index < -0.39 is 30.4 Å². The molecule has 3 atom stereocenters. The largest absolute Gasteiger partial charge is 0.481 e. The van der Waals surface area contributed by atoms with Crippen molar-refractivity contribution in [3.05, 3.63) is 59.7 Å². The normalized spacial score (nSPS) is 21.5. The van der Waals surface area contributed by atoms with Gasteiger partial charge in [-0.1, -0.05) is 62.4 Å². The number of likely N-dealkylation sites (N-methyl/N-ethyl adjacent to an activating group) is 1. The van der Waals surface area contributed by atoms with Gasteiger partial charge in [0.1, 0.15) is 12.6 Å². The maximum atomic E-state index is 12.9. The molecular formula is C26H30N2O5. The van der Waals surface area contributed by atoms with E-state index in [1.54, 1.807) is 7.05 Å². The van der Waals surface area contributed by atoms with Gasteiger partial charge < -0.3 is 20.1 Å². The number of ether oxygens (including phenoxy) is 1. The van der Waals surface area contributed by atoms with Gasteiger partial charge in [0.25, 0.3) is 0 Å². The first-order chi connectivity index (χ1) is 15.7. The minimum atomic E-state index is -1.18. The third-order valence-corrected chi connectivity index (χ3v) is 7.09. The van der Waals surface area contributed by atoms with Crippen LogP contribution in [-0.4, -0.2) is 54.2 Å². The van der Waals surface area contributed by atoms with Gasteiger partial charge in [0.2, 0.25) is 5.91 Å². The smallest absolute Gasteiger partial charge is 0.407 e. The zero-order valence-corrected chi connectivity index (χ0v) is 19.2. The van der Waals surface area contributed by atoms with Crippen LogP contribution in [0.25, 0.3) is 11.1 Å². The van der Waals surface area contributed by atoms with Gasteiger partial charge in [0, 0.05) is 19.5 Å². The zero-order valence-electron chi connectivity index (χ0n) is 19.2. The van der Waals surface area contributed by atoms with E-state index in [9.17, 15) is 19.5 Å². The predicted molar refractivity (Wildman–Crippen MR) is 124 cm³/mol. The monoisotopic (exact) mass is 450 g/mol. The van der Waals surface area contributed by atoms with Crippen molar-refractivity contribution in [2.45, 2.75) is 38.6 Å². The van der Waals surface area contributed by atoms with E-state index in [2.05, 4.69) is 19.2 Å². The van der Waals surface area contributed by atoms with Crippen molar-refractivity contribution < 1.29 is 24.2 Å². The van der Waals surface area contributed by atoms with Crippen molar-refractivity contribution in [3.63, 3.8) is 0 Å². The Kier molecular flexibility index (Phi) is 6.15. The number of carbonyl (C=O) groups is 3. The SMILES string of the molecule is CC1CC1(C)CN(C)C(=O)C(CC(=O)O)NC(=O)OCC1c2ccccc2-c2ccccc21. The highest BCUT2D eigenvalue weighted by molar-refractivity contribution is 5.89. The Morgan fingerprint density at radius 2 is 1.67 bits per heavy atom. The summed E-state index contributed by atoms with van der Waals surface area (Å²) in [5.74, 6) is -1.19. The van der Waals surface area contributed by atoms with Crippen LogP contribution in [0.3, 0.4) is 0 Å². The summed E-state index contributed by atoms with van der Waals surface area (Å²) in [5.41, 5.74) is 4.44. The lowest BCUT2D eigenvalue weighted by Gasteiger charge is -2.26. The summed E-state index contributed by atoms with van der Waals surface area (Å²) >= 11 is 0. The van der Waals surface area contributed by atoms with Crippen LogP contribution in [0.1, 0.15) is 43.7 Å². The quantitative estimate of drug-likeness (QED) is 0.637. The molecular weight excluding hydrogens is 420 g/mol. The van der Waals surface area contributed by atoms with Crippen LogP contribution in [0.5, 0.6) is 0 Å². The van der Waals surface area contributed by atoms with Crippen LogP contribution in [0.15, 0.2) is 48.5 Å². The van der Waals surface area contributed by atoms with E-state index in [4.69, 9.17) is 4.74 Å². The second kappa shape index (κ2) is 8.89. The summed E-state index contributed by atoms with van der Waals surface area (Å²) in [4.78, 5) is 38.4. The van der Waals surface area contributed by atoms with Crippen molar-refractivity contribution in [2.24, 2.45) is 11.3 Å². The molecule has 2 amide bonds. The number of nitrogens with one attached hydrogen (secondary N) is 1. The standard InChI is InChI=1S/C26H30N2O5/c1-16-13-26(16,2)15-28(3)24(31)22(12-23(29)30)27-25(32)33-14-21-19-10-6-4-8-17(19)18-9-5-7-11-20(18)21/h4-11,16,21-22H,12-15H2,1-3H3,(H,27,32)(H,29,30). The number of aliphatic carboxylic acids is 1. The fourth-order valence-electron chi connectivity index (χ4n) is 4.90. The fourth-order valence-corrected chi connectivity index (χ4v) is 4.90. The number of carboxylic acids is 1. The first-order valence-electron chi connectivity index (χ1n) is 11.3. The second-order valence-electron chi connectivity index (χ2n) is 9.57. The lowest BCUT2D eigenvalue weighted by atomic mass is 9.98. The molecule has 0 aromatic heterocycles. The number of carboxylic acid groups (broad SMARTS) is 1. The number of hydrogen-bond donors (Lipinski definition) is 2. The van der Waals surface area contributed by atoms with Crippen LogP contribution in [-0.2, 0) is 14.3 Å². The topological polar surface area (TPSA) is 95.9 Å². The summed E-state index contributed by atoms with van der Waals surface area (Å²) in [7, 11) is 1.65. The average Bonchev–Trinajstić information content (AvgIpc) is 3.24. The van der Waals surface area contributed by atoms with Gasteiger partial charge in [-0.2, -0.15) is 0 Å². The van der Waals surface area contributed by atoms with Crippen molar-refractivity contribution in [3.8, 4) is 11.1 Å². The molecule has 0 spiro atoms. The molecule has 2 aliphatic rings. The Labute approximate surface area is 193 Å². The molecule has 0 radical (unpaired) electrons. The number of rotatable bonds is 8. The Morgan fingerprint density at radius 1 is 1.12 bits per heavy atom. The summed E-state index contributed by atoms with van der Waals surface area (Å²) < 4.78 is 5.50. The van der Waals surface area contributed by atoms with E-state index in [0.717, 1.165) is 28.7 Å². The summed E-state index contributed by atoms with van der Waals surface area (Å²) in [6, 6.07) is 14.8. The molecule has 174 valence electrons. The number of hydrogen-bond acceptors (Lipinski definition) is 4. The van der Waals surface area contributed by atoms with E-state index in [0.29, 0.717) is 12.5 Å². The summed E-state index contributed by atoms with van der Waals surface area (Å²) in [6.45, 7) is 4.85. The third kappa shape index (κ3) is 4.72. The fraction of sp³-hybridized carbons (Fsp3) is 0.423. The van der Waals surface area contributed by atoms with Gasteiger partial charge >= 0.3 is 12.1 Å². The number of benzene rings is 2. The molecule has 0 aliphatic heterocycles. The highest BCUT2D eigenvalue weighted by atomic mass is 16.5. The molecule has 3 unspecified atom stereocenters. The Morgan fingerprint density at radius 3 is 2.18 bits per heavy atom. The molecule has 4 rings (SSSR count). The van der Waals surface area contributed by atoms with Crippen LogP contribution in [0.4, 0.5) is 4.79 Å². The van der Waals surface area contributed by atoms with Gasteiger partial charge in [-0.3, -0.25) is 9.59 Å². The van der Waals surface area contributed by atoms with Gasteiger partial charge in [-0.05, 0) is 40.0 Å². The zero-order chi connectivity index (χ0) is 23.8. The average molecular weight is 451 g/mol. The van der Waals surface area contributed by atoms with E-state index in [1.165, 1.54) is 4.90 Å². The molecule has 1 fully saturated rings. The van der Waals surface area contributed by atoms with Crippen molar-refractivity contribution >= 4 is 18.0 Å². The molecule has 7 heteroatoms. The van der Waals surface area contributed by atoms with Gasteiger partial charge in [0.05, 0.1) is 6.42 Å². The Hall–Kier alpha value is -3.35. The van der Waals surface area contributed by atoms with Crippen molar-refractivity contribution in [1.29, 1.82) is 0 Å².